The molecule has 1 amide bonds. The highest BCUT2D eigenvalue weighted by Crippen LogP contribution is 2.30. The summed E-state index contributed by atoms with van der Waals surface area (Å²) in [5, 5.41) is 2.60. The van der Waals surface area contributed by atoms with E-state index < -0.39 is 51.0 Å². The third-order valence-corrected chi connectivity index (χ3v) is 5.92. The molecule has 0 aliphatic heterocycles. The van der Waals surface area contributed by atoms with Gasteiger partial charge in [-0.25, -0.2) is 22.5 Å². The van der Waals surface area contributed by atoms with Crippen LogP contribution in [0.5, 0.6) is 0 Å². The normalized spacial score (nSPS) is 13.0. The van der Waals surface area contributed by atoms with Crippen molar-refractivity contribution in [3.8, 4) is 0 Å². The Kier molecular flexibility index (Phi) is 6.65. The third kappa shape index (κ3) is 5.51. The van der Waals surface area contributed by atoms with Crippen molar-refractivity contribution in [3.63, 3.8) is 0 Å². The summed E-state index contributed by atoms with van der Waals surface area (Å²) in [7, 11) is -2.71. The Morgan fingerprint density at radius 1 is 1.16 bits per heavy atom. The number of benzene rings is 2. The molecule has 1 unspecified atom stereocenters. The molecule has 2 aromatic carbocycles. The number of nitrogens with one attached hydrogen (secondary N) is 2. The molecule has 0 fully saturated rings. The highest BCUT2D eigenvalue weighted by Gasteiger charge is 2.31. The Labute approximate surface area is 181 Å². The molecule has 0 bridgehead atoms. The highest BCUT2D eigenvalue weighted by atomic mass is 32.2. The lowest BCUT2D eigenvalue weighted by Crippen LogP contribution is -2.39. The lowest BCUT2D eigenvalue weighted by atomic mass is 10.1. The second kappa shape index (κ2) is 9.09. The number of halogens is 4. The van der Waals surface area contributed by atoms with Crippen molar-refractivity contribution < 1.29 is 30.8 Å². The van der Waals surface area contributed by atoms with E-state index in [0.717, 1.165) is 18.2 Å². The Morgan fingerprint density at radius 2 is 1.84 bits per heavy atom. The predicted octanol–water partition coefficient (Wildman–Crippen LogP) is 2.76. The summed E-state index contributed by atoms with van der Waals surface area (Å²) < 4.78 is 80.2. The first kappa shape index (κ1) is 23.4. The number of rotatable bonds is 7. The number of aryl methyl sites for hydroxylation is 1. The number of alkyl halides is 3. The van der Waals surface area contributed by atoms with Crippen molar-refractivity contribution in [2.24, 2.45) is 7.05 Å². The van der Waals surface area contributed by atoms with E-state index in [4.69, 9.17) is 0 Å². The average molecular weight is 470 g/mol. The van der Waals surface area contributed by atoms with Crippen molar-refractivity contribution >= 4 is 15.9 Å². The summed E-state index contributed by atoms with van der Waals surface area (Å²) in [5.74, 6) is -0.837. The fourth-order valence-electron chi connectivity index (χ4n) is 2.90. The minimum atomic E-state index is -4.71. The number of sulfonamides is 1. The van der Waals surface area contributed by atoms with Crippen molar-refractivity contribution in [1.82, 2.24) is 19.6 Å². The van der Waals surface area contributed by atoms with Crippen molar-refractivity contribution in [2.75, 3.05) is 6.54 Å². The van der Waals surface area contributed by atoms with Crippen LogP contribution in [0.2, 0.25) is 0 Å². The van der Waals surface area contributed by atoms with E-state index in [9.17, 15) is 30.8 Å². The molecule has 1 heterocycles. The van der Waals surface area contributed by atoms with Crippen molar-refractivity contribution in [1.29, 1.82) is 0 Å². The first-order chi connectivity index (χ1) is 15.0. The van der Waals surface area contributed by atoms with E-state index in [-0.39, 0.29) is 0 Å². The number of amides is 1. The Hall–Kier alpha value is -3.25. The first-order valence-corrected chi connectivity index (χ1v) is 10.6. The van der Waals surface area contributed by atoms with Crippen LogP contribution in [0.1, 0.15) is 23.0 Å². The summed E-state index contributed by atoms with van der Waals surface area (Å²) in [4.78, 5) is 16.0. The van der Waals surface area contributed by atoms with Crippen molar-refractivity contribution in [2.45, 2.75) is 17.1 Å². The molecule has 3 rings (SSSR count). The maximum absolute atomic E-state index is 13.3. The number of imidazole rings is 1. The minimum absolute atomic E-state index is 0.408. The van der Waals surface area contributed by atoms with Gasteiger partial charge in [0.2, 0.25) is 15.9 Å². The largest absolute Gasteiger partial charge is 0.416 e. The summed E-state index contributed by atoms with van der Waals surface area (Å²) >= 11 is 0. The molecule has 7 nitrogen and oxygen atoms in total. The van der Waals surface area contributed by atoms with E-state index in [1.807, 2.05) is 4.72 Å². The smallest absolute Gasteiger partial charge is 0.341 e. The molecule has 0 aliphatic rings. The number of hydrogen-bond donors (Lipinski definition) is 2. The maximum Gasteiger partial charge on any atom is 0.416 e. The van der Waals surface area contributed by atoms with Crippen LogP contribution >= 0.6 is 0 Å². The molecule has 0 radical (unpaired) electrons. The third-order valence-electron chi connectivity index (χ3n) is 4.52. The second-order valence-electron chi connectivity index (χ2n) is 6.80. The lowest BCUT2D eigenvalue weighted by molar-refractivity contribution is -0.137. The average Bonchev–Trinajstić information content (AvgIpc) is 3.16. The van der Waals surface area contributed by atoms with Crippen LogP contribution in [0.15, 0.2) is 65.8 Å². The van der Waals surface area contributed by atoms with Gasteiger partial charge in [0.05, 0.1) is 17.0 Å². The summed E-state index contributed by atoms with van der Waals surface area (Å²) in [6.07, 6.45) is -1.59. The molecule has 2 N–H and O–H groups in total. The maximum atomic E-state index is 13.3. The molecule has 3 aromatic rings. The predicted molar refractivity (Wildman–Crippen MR) is 106 cm³/mol. The van der Waals surface area contributed by atoms with Gasteiger partial charge in [0, 0.05) is 19.4 Å². The number of hydrogen-bond acceptors (Lipinski definition) is 4. The summed E-state index contributed by atoms with van der Waals surface area (Å²) in [5.41, 5.74) is -0.634. The second-order valence-corrected chi connectivity index (χ2v) is 8.57. The quantitative estimate of drug-likeness (QED) is 0.520. The van der Waals surface area contributed by atoms with Gasteiger partial charge in [-0.15, -0.1) is 0 Å². The minimum Gasteiger partial charge on any atom is -0.341 e. The SMILES string of the molecule is Cn1ccnc1C(NC(=O)CNS(=O)(=O)c1cccc(C(F)(F)F)c1)c1ccc(F)cc1. The molecule has 0 aliphatic carbocycles. The molecule has 32 heavy (non-hydrogen) atoms. The van der Waals surface area contributed by atoms with Gasteiger partial charge in [-0.05, 0) is 35.9 Å². The zero-order valence-corrected chi connectivity index (χ0v) is 17.4. The molecule has 12 heteroatoms. The molecule has 0 saturated heterocycles. The first-order valence-electron chi connectivity index (χ1n) is 9.16. The van der Waals surface area contributed by atoms with Gasteiger partial charge in [-0.1, -0.05) is 18.2 Å². The molecular weight excluding hydrogens is 452 g/mol. The number of aromatic nitrogens is 2. The van der Waals surface area contributed by atoms with Crippen LogP contribution in [0.25, 0.3) is 0 Å². The molecule has 0 saturated carbocycles. The van der Waals surface area contributed by atoms with Crippen LogP contribution in [0, 0.1) is 5.82 Å². The summed E-state index contributed by atoms with van der Waals surface area (Å²) in [6.45, 7) is -0.735. The van der Waals surface area contributed by atoms with Crippen LogP contribution < -0.4 is 10.0 Å². The van der Waals surface area contributed by atoms with E-state index in [2.05, 4.69) is 10.3 Å². The molecule has 0 spiro atoms. The topological polar surface area (TPSA) is 93.1 Å². The molecule has 1 atom stereocenters. The Balaban J connectivity index is 1.75. The van der Waals surface area contributed by atoms with Crippen LogP contribution in [0.4, 0.5) is 17.6 Å². The van der Waals surface area contributed by atoms with Gasteiger partial charge in [0.25, 0.3) is 0 Å². The molecule has 170 valence electrons. The number of carbonyl (C=O) groups is 1. The molecule has 1 aromatic heterocycles. The van der Waals surface area contributed by atoms with Gasteiger partial charge < -0.3 is 9.88 Å². The fourth-order valence-corrected chi connectivity index (χ4v) is 3.93. The van der Waals surface area contributed by atoms with E-state index in [1.165, 1.54) is 30.5 Å². The van der Waals surface area contributed by atoms with Crippen LogP contribution in [-0.4, -0.2) is 30.4 Å². The number of nitrogens with zero attached hydrogens (tertiary/aromatic N) is 2. The molecular formula is C20H18F4N4O3S. The highest BCUT2D eigenvalue weighted by molar-refractivity contribution is 7.89. The zero-order chi connectivity index (χ0) is 23.5. The van der Waals surface area contributed by atoms with Gasteiger partial charge in [-0.3, -0.25) is 4.79 Å². The van der Waals surface area contributed by atoms with Gasteiger partial charge >= 0.3 is 6.18 Å². The van der Waals surface area contributed by atoms with Crippen LogP contribution in [0.3, 0.4) is 0 Å². The Bertz CT molecular complexity index is 1210. The fraction of sp³-hybridized carbons (Fsp3) is 0.200. The lowest BCUT2D eigenvalue weighted by Gasteiger charge is -2.19. The van der Waals surface area contributed by atoms with E-state index in [0.29, 0.717) is 17.5 Å². The van der Waals surface area contributed by atoms with Crippen molar-refractivity contribution in [3.05, 3.63) is 83.7 Å². The Morgan fingerprint density at radius 3 is 2.44 bits per heavy atom. The summed E-state index contributed by atoms with van der Waals surface area (Å²) in [6, 6.07) is 7.65. The van der Waals surface area contributed by atoms with Gasteiger partial charge in [0.15, 0.2) is 0 Å². The van der Waals surface area contributed by atoms with Gasteiger partial charge in [0.1, 0.15) is 17.7 Å². The van der Waals surface area contributed by atoms with E-state index >= 15 is 0 Å². The van der Waals surface area contributed by atoms with Gasteiger partial charge in [-0.2, -0.15) is 13.2 Å². The van der Waals surface area contributed by atoms with Crippen LogP contribution in [-0.2, 0) is 28.0 Å². The number of carbonyl (C=O) groups excluding carboxylic acids is 1. The van der Waals surface area contributed by atoms with E-state index in [1.54, 1.807) is 17.8 Å². The monoisotopic (exact) mass is 470 g/mol. The zero-order valence-electron chi connectivity index (χ0n) is 16.6. The standard InChI is InChI=1S/C20H18F4N4O3S/c1-28-10-9-25-19(28)18(13-5-7-15(21)8-6-13)27-17(29)12-26-32(30,31)16-4-2-3-14(11-16)20(22,23)24/h2-11,18,26H,12H2,1H3,(H,27,29).